The van der Waals surface area contributed by atoms with E-state index in [0.717, 1.165) is 5.56 Å². The Kier molecular flexibility index (Phi) is 5.42. The molecule has 0 aliphatic rings. The topological polar surface area (TPSA) is 47.3 Å². The van der Waals surface area contributed by atoms with Gasteiger partial charge in [-0.25, -0.2) is 4.39 Å². The lowest BCUT2D eigenvalue weighted by Crippen LogP contribution is -2.29. The molecule has 3 N–H and O–H groups in total. The van der Waals surface area contributed by atoms with Crippen LogP contribution in [0.2, 0.25) is 10.0 Å². The number of nitrogens with one attached hydrogen (secondary N) is 1. The summed E-state index contributed by atoms with van der Waals surface area (Å²) in [7, 11) is 1.42. The predicted octanol–water partition coefficient (Wildman–Crippen LogP) is 3.89. The van der Waals surface area contributed by atoms with E-state index in [1.54, 1.807) is 30.3 Å². The predicted molar refractivity (Wildman–Crippen MR) is 83.2 cm³/mol. The van der Waals surface area contributed by atoms with E-state index in [4.69, 9.17) is 33.8 Å². The van der Waals surface area contributed by atoms with Crippen molar-refractivity contribution >= 4 is 23.2 Å². The molecule has 2 aromatic rings. The number of methoxy groups -OCH3 is 1. The molecule has 1 atom stereocenters. The number of nitrogens with two attached hydrogens (primary N) is 1. The Morgan fingerprint density at radius 1 is 1.24 bits per heavy atom. The molecule has 0 bridgehead atoms. The monoisotopic (exact) mass is 328 g/mol. The zero-order valence-corrected chi connectivity index (χ0v) is 12.9. The van der Waals surface area contributed by atoms with E-state index in [-0.39, 0.29) is 11.8 Å². The molecule has 0 aromatic heterocycles. The van der Waals surface area contributed by atoms with Gasteiger partial charge >= 0.3 is 0 Å². The molecule has 0 saturated heterocycles. The molecule has 21 heavy (non-hydrogen) atoms. The third-order valence-corrected chi connectivity index (χ3v) is 3.82. The van der Waals surface area contributed by atoms with E-state index >= 15 is 0 Å². The average molecular weight is 329 g/mol. The largest absolute Gasteiger partial charge is 0.494 e. The molecular formula is C15H15Cl2FN2O. The van der Waals surface area contributed by atoms with Crippen molar-refractivity contribution in [3.8, 4) is 5.75 Å². The van der Waals surface area contributed by atoms with Crippen LogP contribution in [0.3, 0.4) is 0 Å². The highest BCUT2D eigenvalue weighted by molar-refractivity contribution is 6.33. The van der Waals surface area contributed by atoms with Crippen molar-refractivity contribution < 1.29 is 9.13 Å². The molecule has 6 heteroatoms. The summed E-state index contributed by atoms with van der Waals surface area (Å²) in [6.07, 6.45) is 0.488. The smallest absolute Gasteiger partial charge is 0.165 e. The summed E-state index contributed by atoms with van der Waals surface area (Å²) in [4.78, 5) is 0. The molecule has 2 rings (SSSR count). The van der Waals surface area contributed by atoms with Crippen molar-refractivity contribution in [1.82, 2.24) is 5.43 Å². The van der Waals surface area contributed by atoms with Gasteiger partial charge in [-0.15, -0.1) is 0 Å². The van der Waals surface area contributed by atoms with Crippen LogP contribution in [0.1, 0.15) is 17.2 Å². The highest BCUT2D eigenvalue weighted by Gasteiger charge is 2.15. The van der Waals surface area contributed by atoms with Gasteiger partial charge in [0.25, 0.3) is 0 Å². The summed E-state index contributed by atoms with van der Waals surface area (Å²) in [5.41, 5.74) is 4.21. The molecular weight excluding hydrogens is 314 g/mol. The van der Waals surface area contributed by atoms with E-state index in [2.05, 4.69) is 5.43 Å². The summed E-state index contributed by atoms with van der Waals surface area (Å²) in [6, 6.07) is 9.63. The maximum atomic E-state index is 13.8. The second-order valence-corrected chi connectivity index (χ2v) is 5.40. The van der Waals surface area contributed by atoms with Gasteiger partial charge in [-0.1, -0.05) is 29.3 Å². The third-order valence-electron chi connectivity index (χ3n) is 3.21. The van der Waals surface area contributed by atoms with Crippen LogP contribution < -0.4 is 16.0 Å². The molecule has 112 valence electrons. The van der Waals surface area contributed by atoms with Gasteiger partial charge in [0.15, 0.2) is 11.6 Å². The number of hydrogen-bond donors (Lipinski definition) is 2. The first-order valence-electron chi connectivity index (χ1n) is 6.28. The van der Waals surface area contributed by atoms with Gasteiger partial charge in [0.1, 0.15) is 0 Å². The van der Waals surface area contributed by atoms with E-state index in [9.17, 15) is 4.39 Å². The molecule has 0 amide bonds. The standard InChI is InChI=1S/C15H15Cl2FN2O/c1-21-15-5-2-9(7-13(15)18)14(20-19)8-10-6-11(16)3-4-12(10)17/h2-7,14,20H,8,19H2,1H3. The minimum atomic E-state index is -0.438. The van der Waals surface area contributed by atoms with Crippen LogP contribution in [0, 0.1) is 5.82 Å². The fourth-order valence-corrected chi connectivity index (χ4v) is 2.48. The minimum absolute atomic E-state index is 0.190. The molecule has 0 aliphatic carbocycles. The Hall–Kier alpha value is -1.33. The normalized spacial score (nSPS) is 12.2. The van der Waals surface area contributed by atoms with Crippen LogP contribution >= 0.6 is 23.2 Å². The summed E-state index contributed by atoms with van der Waals surface area (Å²) in [6.45, 7) is 0. The van der Waals surface area contributed by atoms with Crippen LogP contribution in [-0.4, -0.2) is 7.11 Å². The van der Waals surface area contributed by atoms with Gasteiger partial charge < -0.3 is 4.74 Å². The highest BCUT2D eigenvalue weighted by Crippen LogP contribution is 2.28. The average Bonchev–Trinajstić information content (AvgIpc) is 2.48. The second-order valence-electron chi connectivity index (χ2n) is 4.55. The van der Waals surface area contributed by atoms with Crippen LogP contribution in [0.15, 0.2) is 36.4 Å². The van der Waals surface area contributed by atoms with Crippen LogP contribution in [0.5, 0.6) is 5.75 Å². The number of hydrazine groups is 1. The zero-order chi connectivity index (χ0) is 15.4. The Labute approximate surface area is 132 Å². The van der Waals surface area contributed by atoms with Crippen LogP contribution in [-0.2, 0) is 6.42 Å². The number of rotatable bonds is 5. The molecule has 0 spiro atoms. The van der Waals surface area contributed by atoms with Gasteiger partial charge in [-0.2, -0.15) is 0 Å². The van der Waals surface area contributed by atoms with Crippen LogP contribution in [0.4, 0.5) is 4.39 Å². The molecule has 2 aromatic carbocycles. The van der Waals surface area contributed by atoms with Crippen molar-refractivity contribution in [3.63, 3.8) is 0 Å². The fraction of sp³-hybridized carbons (Fsp3) is 0.200. The molecule has 0 radical (unpaired) electrons. The summed E-state index contributed by atoms with van der Waals surface area (Å²) < 4.78 is 18.7. The fourth-order valence-electron chi connectivity index (χ4n) is 2.09. The van der Waals surface area contributed by atoms with E-state index in [1.165, 1.54) is 13.2 Å². The van der Waals surface area contributed by atoms with Gasteiger partial charge in [-0.3, -0.25) is 11.3 Å². The Morgan fingerprint density at radius 3 is 2.62 bits per heavy atom. The second kappa shape index (κ2) is 7.09. The Balaban J connectivity index is 2.27. The first kappa shape index (κ1) is 16.0. The van der Waals surface area contributed by atoms with Crippen molar-refractivity contribution in [1.29, 1.82) is 0 Å². The summed E-state index contributed by atoms with van der Waals surface area (Å²) in [5, 5.41) is 1.18. The lowest BCUT2D eigenvalue weighted by atomic mass is 9.99. The molecule has 0 aliphatic heterocycles. The van der Waals surface area contributed by atoms with Gasteiger partial charge in [-0.05, 0) is 47.9 Å². The highest BCUT2D eigenvalue weighted by atomic mass is 35.5. The number of hydrogen-bond acceptors (Lipinski definition) is 3. The molecule has 0 saturated carbocycles. The maximum Gasteiger partial charge on any atom is 0.165 e. The van der Waals surface area contributed by atoms with Crippen molar-refractivity contribution in [2.75, 3.05) is 7.11 Å². The van der Waals surface area contributed by atoms with E-state index in [0.29, 0.717) is 22.0 Å². The summed E-state index contributed by atoms with van der Waals surface area (Å²) in [5.74, 6) is 5.33. The molecule has 0 heterocycles. The lowest BCUT2D eigenvalue weighted by molar-refractivity contribution is 0.385. The van der Waals surface area contributed by atoms with E-state index in [1.807, 2.05) is 0 Å². The first-order valence-corrected chi connectivity index (χ1v) is 7.04. The van der Waals surface area contributed by atoms with E-state index < -0.39 is 5.82 Å². The molecule has 1 unspecified atom stereocenters. The molecule has 0 fully saturated rings. The third kappa shape index (κ3) is 3.86. The van der Waals surface area contributed by atoms with Crippen molar-refractivity contribution in [2.45, 2.75) is 12.5 Å². The first-order chi connectivity index (χ1) is 10.0. The van der Waals surface area contributed by atoms with Crippen LogP contribution in [0.25, 0.3) is 0 Å². The SMILES string of the molecule is COc1ccc(C(Cc2cc(Cl)ccc2Cl)NN)cc1F. The lowest BCUT2D eigenvalue weighted by Gasteiger charge is -2.18. The molecule has 3 nitrogen and oxygen atoms in total. The van der Waals surface area contributed by atoms with Gasteiger partial charge in [0.05, 0.1) is 13.2 Å². The number of benzene rings is 2. The van der Waals surface area contributed by atoms with Crippen molar-refractivity contribution in [2.24, 2.45) is 5.84 Å². The maximum absolute atomic E-state index is 13.8. The quantitative estimate of drug-likeness (QED) is 0.646. The van der Waals surface area contributed by atoms with Gasteiger partial charge in [0, 0.05) is 10.0 Å². The Bertz CT molecular complexity index is 637. The van der Waals surface area contributed by atoms with Crippen molar-refractivity contribution in [3.05, 3.63) is 63.4 Å². The zero-order valence-electron chi connectivity index (χ0n) is 11.4. The number of halogens is 3. The Morgan fingerprint density at radius 2 is 2.00 bits per heavy atom. The number of ether oxygens (including phenoxy) is 1. The van der Waals surface area contributed by atoms with Gasteiger partial charge in [0.2, 0.25) is 0 Å². The summed E-state index contributed by atoms with van der Waals surface area (Å²) >= 11 is 12.1. The minimum Gasteiger partial charge on any atom is -0.494 e.